The van der Waals surface area contributed by atoms with Crippen LogP contribution in [0.5, 0.6) is 0 Å². The first-order chi connectivity index (χ1) is 47.5. The molecule has 2 atom stereocenters. The van der Waals surface area contributed by atoms with E-state index in [-0.39, 0.29) is 18.5 Å². The minimum atomic E-state index is -0.662. The van der Waals surface area contributed by atoms with Crippen molar-refractivity contribution in [3.8, 4) is 0 Å². The van der Waals surface area contributed by atoms with Gasteiger partial charge in [-0.15, -0.1) is 0 Å². The van der Waals surface area contributed by atoms with Crippen LogP contribution in [0.3, 0.4) is 0 Å². The van der Waals surface area contributed by atoms with Gasteiger partial charge in [0.15, 0.2) is 0 Å². The molecule has 1 amide bonds. The van der Waals surface area contributed by atoms with Crippen molar-refractivity contribution >= 4 is 11.9 Å². The fourth-order valence-electron chi connectivity index (χ4n) is 14.5. The van der Waals surface area contributed by atoms with Crippen molar-refractivity contribution in [2.24, 2.45) is 0 Å². The number of aliphatic hydroxyl groups excluding tert-OH is 2. The molecule has 0 aromatic rings. The van der Waals surface area contributed by atoms with Crippen LogP contribution in [0.4, 0.5) is 0 Å². The van der Waals surface area contributed by atoms with Crippen molar-refractivity contribution in [2.75, 3.05) is 13.2 Å². The van der Waals surface area contributed by atoms with Gasteiger partial charge in [0, 0.05) is 12.8 Å². The molecule has 570 valence electrons. The molecule has 6 nitrogen and oxygen atoms in total. The summed E-state index contributed by atoms with van der Waals surface area (Å²) in [5.74, 6) is -0.00136. The lowest BCUT2D eigenvalue weighted by atomic mass is 10.0. The van der Waals surface area contributed by atoms with E-state index in [1.54, 1.807) is 0 Å². The topological polar surface area (TPSA) is 95.9 Å². The Balaban J connectivity index is 3.31. The Morgan fingerprint density at radius 2 is 0.490 bits per heavy atom. The average Bonchev–Trinajstić information content (AvgIpc) is 3.22. The van der Waals surface area contributed by atoms with Gasteiger partial charge in [-0.05, 0) is 77.0 Å². The van der Waals surface area contributed by atoms with Crippen LogP contribution >= 0.6 is 0 Å². The van der Waals surface area contributed by atoms with E-state index < -0.39 is 12.1 Å². The van der Waals surface area contributed by atoms with Crippen molar-refractivity contribution in [1.29, 1.82) is 0 Å². The lowest BCUT2D eigenvalue weighted by molar-refractivity contribution is -0.143. The van der Waals surface area contributed by atoms with Crippen LogP contribution in [0.15, 0.2) is 24.3 Å². The summed E-state index contributed by atoms with van der Waals surface area (Å²) in [6.45, 7) is 5.01. The summed E-state index contributed by atoms with van der Waals surface area (Å²) in [7, 11) is 0. The SMILES string of the molecule is CCCCCCCC/C=C\CCCCCCCCCCCC(=O)OCCCCCCCCCCCCCCCCCCCC/C=C\CCCCCCCCCCCCCCCCCCCC(=O)NC(CO)C(O)CCCCCCCCCCCCCCCCCCCCCCC. The van der Waals surface area contributed by atoms with Crippen molar-refractivity contribution in [1.82, 2.24) is 5.32 Å². The third kappa shape index (κ3) is 81.3. The minimum absolute atomic E-state index is 0.0233. The molecular weight excluding hydrogens is 1170 g/mol. The largest absolute Gasteiger partial charge is 0.466 e. The molecule has 0 fully saturated rings. The Kier molecular flexibility index (Phi) is 84.3. The zero-order valence-electron chi connectivity index (χ0n) is 65.7. The van der Waals surface area contributed by atoms with Crippen molar-refractivity contribution < 1.29 is 24.5 Å². The Hall–Kier alpha value is -1.66. The van der Waals surface area contributed by atoms with Gasteiger partial charge in [-0.2, -0.15) is 0 Å². The Labute approximate surface area is 602 Å². The number of unbranched alkanes of at least 4 members (excludes halogenated alkanes) is 70. The van der Waals surface area contributed by atoms with Gasteiger partial charge in [0.1, 0.15) is 0 Å². The molecular formula is C90H175NO5. The van der Waals surface area contributed by atoms with Crippen molar-refractivity contribution in [3.05, 3.63) is 24.3 Å². The monoisotopic (exact) mass is 1350 g/mol. The van der Waals surface area contributed by atoms with Crippen LogP contribution in [0.2, 0.25) is 0 Å². The van der Waals surface area contributed by atoms with E-state index in [1.807, 2.05) is 0 Å². The van der Waals surface area contributed by atoms with Crippen molar-refractivity contribution in [3.63, 3.8) is 0 Å². The smallest absolute Gasteiger partial charge is 0.305 e. The highest BCUT2D eigenvalue weighted by Gasteiger charge is 2.20. The predicted octanol–water partition coefficient (Wildman–Crippen LogP) is 29.9. The first kappa shape index (κ1) is 94.3. The maximum absolute atomic E-state index is 12.6. The molecule has 0 rings (SSSR count). The first-order valence-corrected chi connectivity index (χ1v) is 44.6. The van der Waals surface area contributed by atoms with Gasteiger partial charge in [0.25, 0.3) is 0 Å². The summed E-state index contributed by atoms with van der Waals surface area (Å²) in [5.41, 5.74) is 0. The number of ether oxygens (including phenoxy) is 1. The lowest BCUT2D eigenvalue weighted by Gasteiger charge is -2.22. The van der Waals surface area contributed by atoms with Crippen LogP contribution in [0.25, 0.3) is 0 Å². The number of nitrogens with one attached hydrogen (secondary N) is 1. The van der Waals surface area contributed by atoms with E-state index in [4.69, 9.17) is 4.74 Å². The van der Waals surface area contributed by atoms with E-state index in [0.29, 0.717) is 25.9 Å². The summed E-state index contributed by atoms with van der Waals surface area (Å²) < 4.78 is 5.52. The van der Waals surface area contributed by atoms with Gasteiger partial charge in [-0.25, -0.2) is 0 Å². The van der Waals surface area contributed by atoms with Crippen molar-refractivity contribution in [2.45, 2.75) is 527 Å². The molecule has 0 spiro atoms. The molecule has 0 aliphatic carbocycles. The number of carbonyl (C=O) groups is 2. The van der Waals surface area contributed by atoms with Gasteiger partial charge in [-0.1, -0.05) is 449 Å². The van der Waals surface area contributed by atoms with Crippen LogP contribution < -0.4 is 5.32 Å². The van der Waals surface area contributed by atoms with E-state index in [9.17, 15) is 19.8 Å². The zero-order chi connectivity index (χ0) is 69.1. The summed E-state index contributed by atoms with van der Waals surface area (Å²) >= 11 is 0. The van der Waals surface area contributed by atoms with E-state index in [1.165, 1.54) is 443 Å². The molecule has 96 heavy (non-hydrogen) atoms. The van der Waals surface area contributed by atoms with Gasteiger partial charge >= 0.3 is 5.97 Å². The molecule has 0 aliphatic heterocycles. The number of hydrogen-bond acceptors (Lipinski definition) is 5. The molecule has 3 N–H and O–H groups in total. The maximum Gasteiger partial charge on any atom is 0.305 e. The maximum atomic E-state index is 12.6. The molecule has 2 unspecified atom stereocenters. The third-order valence-corrected chi connectivity index (χ3v) is 21.2. The standard InChI is InChI=1S/C90H175NO5/c1-3-5-7-9-11-13-15-17-19-21-23-43-47-50-54-58-62-66-70-74-78-82-88(93)87(86-92)91-89(94)83-79-75-71-67-63-59-55-51-48-44-41-39-37-35-33-31-29-27-25-24-26-28-30-32-34-36-38-40-42-45-49-53-57-61-65-69-73-77-81-85-96-90(95)84-80-76-72-68-64-60-56-52-46-22-20-18-16-14-12-10-8-6-4-2/h18,20,24-25,87-88,92-93H,3-17,19,21-23,26-86H2,1-2H3,(H,91,94)/b20-18-,25-24-. The van der Waals surface area contributed by atoms with Crippen LogP contribution in [0, 0.1) is 0 Å². The quantitative estimate of drug-likeness (QED) is 0.0320. The van der Waals surface area contributed by atoms with E-state index >= 15 is 0 Å². The summed E-state index contributed by atoms with van der Waals surface area (Å²) in [6, 6.07) is -0.539. The number of amides is 1. The number of aliphatic hydroxyl groups is 2. The molecule has 0 aliphatic rings. The zero-order valence-corrected chi connectivity index (χ0v) is 65.7. The minimum Gasteiger partial charge on any atom is -0.466 e. The number of allylic oxidation sites excluding steroid dienone is 4. The molecule has 0 aromatic carbocycles. The summed E-state index contributed by atoms with van der Waals surface area (Å²) in [5, 5.41) is 23.5. The molecule has 0 radical (unpaired) electrons. The van der Waals surface area contributed by atoms with Gasteiger partial charge in [0.2, 0.25) is 5.91 Å². The summed E-state index contributed by atoms with van der Waals surface area (Å²) in [4.78, 5) is 24.7. The van der Waals surface area contributed by atoms with E-state index in [0.717, 1.165) is 38.5 Å². The van der Waals surface area contributed by atoms with E-state index in [2.05, 4.69) is 43.5 Å². The number of hydrogen-bond donors (Lipinski definition) is 3. The predicted molar refractivity (Wildman–Crippen MR) is 426 cm³/mol. The normalized spacial score (nSPS) is 12.5. The highest BCUT2D eigenvalue weighted by Crippen LogP contribution is 2.21. The summed E-state index contributed by atoms with van der Waals surface area (Å²) in [6.07, 6.45) is 112. The van der Waals surface area contributed by atoms with Crippen LogP contribution in [-0.2, 0) is 14.3 Å². The molecule has 0 saturated heterocycles. The third-order valence-electron chi connectivity index (χ3n) is 21.2. The molecule has 6 heteroatoms. The number of rotatable bonds is 85. The van der Waals surface area contributed by atoms with Gasteiger partial charge in [0.05, 0.1) is 25.4 Å². The highest BCUT2D eigenvalue weighted by molar-refractivity contribution is 5.76. The average molecular weight is 1350 g/mol. The second-order valence-electron chi connectivity index (χ2n) is 30.9. The lowest BCUT2D eigenvalue weighted by Crippen LogP contribution is -2.45. The molecule has 0 bridgehead atoms. The number of carbonyl (C=O) groups excluding carboxylic acids is 2. The fourth-order valence-corrected chi connectivity index (χ4v) is 14.5. The highest BCUT2D eigenvalue weighted by atomic mass is 16.5. The van der Waals surface area contributed by atoms with Gasteiger partial charge < -0.3 is 20.3 Å². The van der Waals surface area contributed by atoms with Gasteiger partial charge in [-0.3, -0.25) is 9.59 Å². The Morgan fingerprint density at radius 1 is 0.281 bits per heavy atom. The Morgan fingerprint density at radius 3 is 0.740 bits per heavy atom. The second-order valence-corrected chi connectivity index (χ2v) is 30.9. The first-order valence-electron chi connectivity index (χ1n) is 44.6. The molecule has 0 saturated carbocycles. The molecule has 0 heterocycles. The van der Waals surface area contributed by atoms with Crippen LogP contribution in [-0.4, -0.2) is 47.4 Å². The Bertz CT molecular complexity index is 1510. The second kappa shape index (κ2) is 85.8. The number of esters is 1. The fraction of sp³-hybridized carbons (Fsp3) is 0.933. The molecule has 0 aromatic heterocycles. The van der Waals surface area contributed by atoms with Crippen LogP contribution in [0.1, 0.15) is 515 Å².